The molecule has 2 amide bonds. The van der Waals surface area contributed by atoms with Crippen LogP contribution in [0.3, 0.4) is 0 Å². The Balaban J connectivity index is 1.27. The average molecular weight is 695 g/mol. The number of H-pyrrole nitrogens is 1. The first kappa shape index (κ1) is 30.9. The summed E-state index contributed by atoms with van der Waals surface area (Å²) in [5, 5.41) is 11.1. The van der Waals surface area contributed by atoms with Crippen LogP contribution in [0.25, 0.3) is 44.9 Å². The summed E-state index contributed by atoms with van der Waals surface area (Å²) in [5.74, 6) is 1.62. The summed E-state index contributed by atoms with van der Waals surface area (Å²) in [6, 6.07) is 17.1. The van der Waals surface area contributed by atoms with Gasteiger partial charge in [-0.3, -0.25) is 9.59 Å². The largest absolute Gasteiger partial charge is 0.469 e. The van der Waals surface area contributed by atoms with E-state index in [2.05, 4.69) is 70.3 Å². The van der Waals surface area contributed by atoms with E-state index in [9.17, 15) is 9.59 Å². The highest BCUT2D eigenvalue weighted by Gasteiger charge is 2.61. The number of nitrogens with one attached hydrogen (secondary N) is 4. The van der Waals surface area contributed by atoms with Gasteiger partial charge in [0.25, 0.3) is 0 Å². The number of aromatic amines is 1. The van der Waals surface area contributed by atoms with Crippen molar-refractivity contribution >= 4 is 28.4 Å². The molecule has 4 N–H and O–H groups in total. The molecule has 0 fully saturated rings. The Labute approximate surface area is 299 Å². The average Bonchev–Trinajstić information content (AvgIpc) is 3.96. The van der Waals surface area contributed by atoms with Gasteiger partial charge in [-0.2, -0.15) is 0 Å². The molecule has 6 aromatic rings. The number of anilines is 1. The van der Waals surface area contributed by atoms with Gasteiger partial charge in [0.1, 0.15) is 23.2 Å². The summed E-state index contributed by atoms with van der Waals surface area (Å²) in [7, 11) is 0. The SMILES string of the molecule is CCCC(C)C(=O)N[C@H]1Cc2ccc3c(c2)C24c5cccc(c5NC2O3)-c2cccc3[nH]cc(c23)-c2cnc(o2)-c2nc(oc24)[C@H](C(C)C)NC1=O. The van der Waals surface area contributed by atoms with E-state index in [-0.39, 0.29) is 30.1 Å². The van der Waals surface area contributed by atoms with Crippen molar-refractivity contribution in [3.63, 3.8) is 0 Å². The van der Waals surface area contributed by atoms with Crippen LogP contribution >= 0.6 is 0 Å². The van der Waals surface area contributed by atoms with Crippen LogP contribution in [0.2, 0.25) is 0 Å². The van der Waals surface area contributed by atoms with Gasteiger partial charge in [-0.15, -0.1) is 0 Å². The number of carbonyl (C=O) groups is 2. The first-order valence-electron chi connectivity index (χ1n) is 18.1. The maximum absolute atomic E-state index is 14.2. The molecule has 0 aliphatic carbocycles. The van der Waals surface area contributed by atoms with Gasteiger partial charge in [0.05, 0.1) is 6.20 Å². The standard InChI is InChI=1S/C41H38N6O5/c1-5-8-20(4)36(48)44-28-16-21-13-14-29-26(15-21)41-25-11-6-10-23(33(25)47-40(41)51-29)22-9-7-12-27-31(22)24(17-42-27)30-18-43-38(50-30)34-35(41)52-39(46-34)32(19(2)3)45-37(28)49/h6-7,9-15,17-20,28,32,40,42,47H,5,8,16H2,1-4H3,(H,44,48)(H,45,49)/t20?,28-,32-,40?,41?/m0/s1. The molecule has 3 unspecified atom stereocenters. The fraction of sp³-hybridized carbons (Fsp3) is 0.317. The van der Waals surface area contributed by atoms with Gasteiger partial charge in [-0.25, -0.2) is 9.97 Å². The van der Waals surface area contributed by atoms with E-state index in [1.54, 1.807) is 6.20 Å². The lowest BCUT2D eigenvalue weighted by atomic mass is 9.72. The molecule has 0 saturated heterocycles. The van der Waals surface area contributed by atoms with Crippen LogP contribution in [-0.4, -0.2) is 39.0 Å². The zero-order valence-electron chi connectivity index (χ0n) is 29.3. The molecule has 5 atom stereocenters. The molecule has 10 bridgehead atoms. The van der Waals surface area contributed by atoms with E-state index in [0.717, 1.165) is 62.8 Å². The minimum atomic E-state index is -1.01. The Hall–Kier alpha value is -5.84. The van der Waals surface area contributed by atoms with E-state index in [0.29, 0.717) is 34.7 Å². The third-order valence-corrected chi connectivity index (χ3v) is 11.3. The number of ether oxygens (including phenoxy) is 1. The Morgan fingerprint density at radius 2 is 1.87 bits per heavy atom. The second kappa shape index (κ2) is 11.1. The van der Waals surface area contributed by atoms with Crippen LogP contribution in [-0.2, 0) is 21.4 Å². The highest BCUT2D eigenvalue weighted by Crippen LogP contribution is 2.61. The number of oxazole rings is 2. The van der Waals surface area contributed by atoms with Crippen molar-refractivity contribution in [2.75, 3.05) is 5.32 Å². The molecular formula is C41H38N6O5. The van der Waals surface area contributed by atoms with Gasteiger partial charge >= 0.3 is 0 Å². The van der Waals surface area contributed by atoms with E-state index in [1.807, 2.05) is 39.1 Å². The first-order valence-corrected chi connectivity index (χ1v) is 18.1. The lowest BCUT2D eigenvalue weighted by molar-refractivity contribution is -0.131. The molecule has 3 aromatic carbocycles. The number of benzene rings is 3. The van der Waals surface area contributed by atoms with Crippen LogP contribution in [0.1, 0.15) is 74.9 Å². The molecule has 4 aliphatic heterocycles. The second-order valence-corrected chi connectivity index (χ2v) is 14.9. The third kappa shape index (κ3) is 4.19. The maximum Gasteiger partial charge on any atom is 0.249 e. The summed E-state index contributed by atoms with van der Waals surface area (Å²) in [5.41, 5.74) is 6.98. The zero-order valence-corrected chi connectivity index (χ0v) is 29.3. The summed E-state index contributed by atoms with van der Waals surface area (Å²) in [6.07, 6.45) is 4.96. The van der Waals surface area contributed by atoms with Gasteiger partial charge in [0.15, 0.2) is 23.4 Å². The number of amides is 2. The van der Waals surface area contributed by atoms with Crippen LogP contribution in [0.5, 0.6) is 5.75 Å². The summed E-state index contributed by atoms with van der Waals surface area (Å²) in [4.78, 5) is 41.0. The van der Waals surface area contributed by atoms with Crippen LogP contribution in [0.15, 0.2) is 75.8 Å². The molecular weight excluding hydrogens is 656 g/mol. The molecule has 10 rings (SSSR count). The number of para-hydroxylation sites is 1. The number of rotatable bonds is 5. The number of carbonyl (C=O) groups excluding carboxylic acids is 2. The van der Waals surface area contributed by atoms with Gasteiger partial charge < -0.3 is 34.5 Å². The summed E-state index contributed by atoms with van der Waals surface area (Å²) in [6.45, 7) is 7.97. The minimum Gasteiger partial charge on any atom is -0.469 e. The van der Waals surface area contributed by atoms with E-state index >= 15 is 0 Å². The number of fused-ring (bicyclic) bond motifs is 7. The number of aromatic nitrogens is 3. The van der Waals surface area contributed by atoms with Crippen molar-refractivity contribution in [3.8, 4) is 39.8 Å². The van der Waals surface area contributed by atoms with Crippen LogP contribution in [0, 0.1) is 11.8 Å². The Bertz CT molecular complexity index is 2460. The Morgan fingerprint density at radius 3 is 2.71 bits per heavy atom. The molecule has 11 heteroatoms. The van der Waals surface area contributed by atoms with E-state index < -0.39 is 23.7 Å². The van der Waals surface area contributed by atoms with E-state index in [4.69, 9.17) is 23.5 Å². The van der Waals surface area contributed by atoms with Gasteiger partial charge in [0, 0.05) is 57.4 Å². The molecule has 1 spiro atoms. The van der Waals surface area contributed by atoms with Crippen molar-refractivity contribution in [1.82, 2.24) is 25.6 Å². The number of nitrogens with zero attached hydrogens (tertiary/aromatic N) is 2. The third-order valence-electron chi connectivity index (χ3n) is 11.3. The van der Waals surface area contributed by atoms with Crippen molar-refractivity contribution in [1.29, 1.82) is 0 Å². The summed E-state index contributed by atoms with van der Waals surface area (Å²) < 4.78 is 20.5. The molecule has 3 aromatic heterocycles. The van der Waals surface area contributed by atoms with Gasteiger partial charge in [0.2, 0.25) is 23.6 Å². The number of hydrogen-bond donors (Lipinski definition) is 4. The monoisotopic (exact) mass is 694 g/mol. The molecule has 262 valence electrons. The normalized spacial score (nSPS) is 22.5. The molecule has 0 radical (unpaired) electrons. The zero-order chi connectivity index (χ0) is 35.5. The van der Waals surface area contributed by atoms with Crippen molar-refractivity contribution in [2.45, 2.75) is 70.7 Å². The fourth-order valence-corrected chi connectivity index (χ4v) is 8.74. The lowest BCUT2D eigenvalue weighted by Gasteiger charge is -2.29. The predicted octanol–water partition coefficient (Wildman–Crippen LogP) is 7.23. The Morgan fingerprint density at radius 1 is 1.02 bits per heavy atom. The van der Waals surface area contributed by atoms with Crippen LogP contribution in [0.4, 0.5) is 5.69 Å². The molecule has 11 nitrogen and oxygen atoms in total. The van der Waals surface area contributed by atoms with Gasteiger partial charge in [-0.1, -0.05) is 76.6 Å². The van der Waals surface area contributed by atoms with Crippen molar-refractivity contribution in [2.24, 2.45) is 11.8 Å². The van der Waals surface area contributed by atoms with E-state index in [1.165, 1.54) is 0 Å². The Kier molecular flexibility index (Phi) is 6.59. The minimum absolute atomic E-state index is 0.117. The molecule has 4 aliphatic rings. The molecule has 7 heterocycles. The van der Waals surface area contributed by atoms with Crippen LogP contribution < -0.4 is 20.7 Å². The number of hydrogen-bond acceptors (Lipinski definition) is 8. The lowest BCUT2D eigenvalue weighted by Crippen LogP contribution is -2.50. The summed E-state index contributed by atoms with van der Waals surface area (Å²) >= 11 is 0. The molecule has 0 saturated carbocycles. The first-order chi connectivity index (χ1) is 25.3. The quantitative estimate of drug-likeness (QED) is 0.148. The van der Waals surface area contributed by atoms with Gasteiger partial charge in [-0.05, 0) is 35.6 Å². The smallest absolute Gasteiger partial charge is 0.249 e. The maximum atomic E-state index is 14.2. The fourth-order valence-electron chi connectivity index (χ4n) is 8.74. The topological polar surface area (TPSA) is 147 Å². The van der Waals surface area contributed by atoms with Crippen molar-refractivity contribution in [3.05, 3.63) is 95.3 Å². The molecule has 52 heavy (non-hydrogen) atoms. The van der Waals surface area contributed by atoms with Crippen molar-refractivity contribution < 1.29 is 23.2 Å². The second-order valence-electron chi connectivity index (χ2n) is 14.9. The highest BCUT2D eigenvalue weighted by atomic mass is 16.5. The predicted molar refractivity (Wildman–Crippen MR) is 195 cm³/mol. The highest BCUT2D eigenvalue weighted by molar-refractivity contribution is 6.07.